The summed E-state index contributed by atoms with van der Waals surface area (Å²) in [5.41, 5.74) is 2.06. The summed E-state index contributed by atoms with van der Waals surface area (Å²) in [7, 11) is 0. The normalized spacial score (nSPS) is 12.0. The average Bonchev–Trinajstić information content (AvgIpc) is 2.83. The molecule has 0 unspecified atom stereocenters. The highest BCUT2D eigenvalue weighted by atomic mass is 35.5. The number of ether oxygens (including phenoxy) is 2. The number of carbonyl (C=O) groups excluding carboxylic acids is 2. The Hall–Kier alpha value is -3.51. The van der Waals surface area contributed by atoms with Crippen LogP contribution in [0.5, 0.6) is 11.5 Å². The second kappa shape index (κ2) is 7.62. The number of amides is 2. The molecule has 7 heteroatoms. The van der Waals surface area contributed by atoms with Gasteiger partial charge in [0.05, 0.1) is 11.3 Å². The first-order valence-corrected chi connectivity index (χ1v) is 8.87. The fourth-order valence-electron chi connectivity index (χ4n) is 2.75. The first-order valence-electron chi connectivity index (χ1n) is 8.49. The Bertz CT molecular complexity index is 1050. The van der Waals surface area contributed by atoms with E-state index in [0.29, 0.717) is 27.9 Å². The van der Waals surface area contributed by atoms with Crippen LogP contribution in [0.15, 0.2) is 66.7 Å². The van der Waals surface area contributed by atoms with E-state index in [1.165, 1.54) is 6.07 Å². The quantitative estimate of drug-likeness (QED) is 0.619. The largest absolute Gasteiger partial charge is 0.454 e. The zero-order chi connectivity index (χ0) is 19.5. The second-order valence-corrected chi connectivity index (χ2v) is 6.53. The van der Waals surface area contributed by atoms with E-state index in [0.717, 1.165) is 5.56 Å². The molecule has 0 spiro atoms. The van der Waals surface area contributed by atoms with Crippen LogP contribution in [0.2, 0.25) is 5.02 Å². The third-order valence-electron chi connectivity index (χ3n) is 4.09. The van der Waals surface area contributed by atoms with Gasteiger partial charge in [-0.1, -0.05) is 41.9 Å². The molecule has 0 fully saturated rings. The predicted octanol–water partition coefficient (Wildman–Crippen LogP) is 5.45. The minimum atomic E-state index is -0.617. The van der Waals surface area contributed by atoms with Gasteiger partial charge in [0.15, 0.2) is 5.75 Å². The maximum absolute atomic E-state index is 12.6. The van der Waals surface area contributed by atoms with Gasteiger partial charge in [0.1, 0.15) is 12.4 Å². The fourth-order valence-corrected chi connectivity index (χ4v) is 2.92. The molecule has 28 heavy (non-hydrogen) atoms. The van der Waals surface area contributed by atoms with Gasteiger partial charge in [-0.2, -0.15) is 0 Å². The molecule has 140 valence electrons. The standard InChI is InChI=1S/C21H15ClN2O4/c22-14-6-8-19-17(10-14)24-20(25)16-11-15(7-9-18(16)28-19)23-21(26)27-12-13-4-2-1-3-5-13/h1-11H,12H2,(H,23,26)(H,24,25). The van der Waals surface area contributed by atoms with E-state index in [9.17, 15) is 9.59 Å². The van der Waals surface area contributed by atoms with E-state index in [1.807, 2.05) is 30.3 Å². The summed E-state index contributed by atoms with van der Waals surface area (Å²) < 4.78 is 11.0. The molecular formula is C21H15ClN2O4. The van der Waals surface area contributed by atoms with Gasteiger partial charge in [-0.15, -0.1) is 0 Å². The minimum absolute atomic E-state index is 0.150. The Morgan fingerprint density at radius 1 is 1.04 bits per heavy atom. The van der Waals surface area contributed by atoms with E-state index in [4.69, 9.17) is 21.1 Å². The lowest BCUT2D eigenvalue weighted by Gasteiger charge is -2.10. The van der Waals surface area contributed by atoms with Gasteiger partial charge in [-0.3, -0.25) is 10.1 Å². The summed E-state index contributed by atoms with van der Waals surface area (Å²) in [6, 6.07) is 19.1. The maximum Gasteiger partial charge on any atom is 0.411 e. The van der Waals surface area contributed by atoms with Gasteiger partial charge >= 0.3 is 6.09 Å². The number of fused-ring (bicyclic) bond motifs is 2. The van der Waals surface area contributed by atoms with Crippen molar-refractivity contribution in [3.8, 4) is 11.5 Å². The van der Waals surface area contributed by atoms with Crippen LogP contribution in [0.3, 0.4) is 0 Å². The minimum Gasteiger partial charge on any atom is -0.454 e. The molecule has 1 aliphatic heterocycles. The highest BCUT2D eigenvalue weighted by molar-refractivity contribution is 6.31. The van der Waals surface area contributed by atoms with Crippen LogP contribution in [-0.2, 0) is 11.3 Å². The number of halogens is 1. The lowest BCUT2D eigenvalue weighted by molar-refractivity contribution is 0.102. The molecule has 2 amide bonds. The van der Waals surface area contributed by atoms with Gasteiger partial charge in [-0.25, -0.2) is 4.79 Å². The number of anilines is 2. The Morgan fingerprint density at radius 2 is 1.82 bits per heavy atom. The van der Waals surface area contributed by atoms with Gasteiger partial charge in [0.25, 0.3) is 5.91 Å². The Balaban J connectivity index is 1.48. The van der Waals surface area contributed by atoms with E-state index >= 15 is 0 Å². The molecule has 0 aliphatic carbocycles. The van der Waals surface area contributed by atoms with Crippen molar-refractivity contribution in [2.24, 2.45) is 0 Å². The number of benzene rings is 3. The Labute approximate surface area is 166 Å². The van der Waals surface area contributed by atoms with Crippen molar-refractivity contribution in [2.75, 3.05) is 10.6 Å². The van der Waals surface area contributed by atoms with Gasteiger partial charge < -0.3 is 14.8 Å². The molecule has 0 saturated heterocycles. The zero-order valence-electron chi connectivity index (χ0n) is 14.6. The third-order valence-corrected chi connectivity index (χ3v) is 4.33. The van der Waals surface area contributed by atoms with E-state index < -0.39 is 6.09 Å². The number of rotatable bonds is 3. The average molecular weight is 395 g/mol. The van der Waals surface area contributed by atoms with Crippen molar-refractivity contribution in [3.63, 3.8) is 0 Å². The Kier molecular flexibility index (Phi) is 4.87. The van der Waals surface area contributed by atoms with E-state index in [2.05, 4.69) is 10.6 Å². The summed E-state index contributed by atoms with van der Waals surface area (Å²) in [5.74, 6) is 0.499. The number of nitrogens with one attached hydrogen (secondary N) is 2. The highest BCUT2D eigenvalue weighted by Crippen LogP contribution is 2.37. The van der Waals surface area contributed by atoms with Crippen LogP contribution in [0.1, 0.15) is 15.9 Å². The molecule has 2 N–H and O–H groups in total. The monoisotopic (exact) mass is 394 g/mol. The van der Waals surface area contributed by atoms with Crippen LogP contribution in [0.4, 0.5) is 16.2 Å². The van der Waals surface area contributed by atoms with Crippen molar-refractivity contribution < 1.29 is 19.1 Å². The van der Waals surface area contributed by atoms with Gasteiger partial charge in [0, 0.05) is 10.7 Å². The van der Waals surface area contributed by atoms with E-state index in [1.54, 1.807) is 30.3 Å². The first kappa shape index (κ1) is 17.9. The number of hydrogen-bond donors (Lipinski definition) is 2. The van der Waals surface area contributed by atoms with Crippen LogP contribution in [0.25, 0.3) is 0 Å². The van der Waals surface area contributed by atoms with Crippen molar-refractivity contribution in [1.29, 1.82) is 0 Å². The van der Waals surface area contributed by atoms with Crippen LogP contribution in [0, 0.1) is 0 Å². The lowest BCUT2D eigenvalue weighted by Crippen LogP contribution is -2.15. The molecule has 4 rings (SSSR count). The van der Waals surface area contributed by atoms with Gasteiger partial charge in [-0.05, 0) is 42.0 Å². The fraction of sp³-hybridized carbons (Fsp3) is 0.0476. The molecule has 6 nitrogen and oxygen atoms in total. The predicted molar refractivity (Wildman–Crippen MR) is 106 cm³/mol. The van der Waals surface area contributed by atoms with Crippen LogP contribution < -0.4 is 15.4 Å². The number of carbonyl (C=O) groups is 2. The summed E-state index contributed by atoms with van der Waals surface area (Å²) in [4.78, 5) is 24.6. The maximum atomic E-state index is 12.6. The summed E-state index contributed by atoms with van der Waals surface area (Å²) in [6.07, 6.45) is -0.617. The van der Waals surface area contributed by atoms with Crippen molar-refractivity contribution in [2.45, 2.75) is 6.61 Å². The van der Waals surface area contributed by atoms with Crippen molar-refractivity contribution >= 4 is 35.0 Å². The molecule has 1 heterocycles. The molecule has 1 aliphatic rings. The van der Waals surface area contributed by atoms with Crippen LogP contribution >= 0.6 is 11.6 Å². The summed E-state index contributed by atoms with van der Waals surface area (Å²) in [5, 5.41) is 5.85. The highest BCUT2D eigenvalue weighted by Gasteiger charge is 2.22. The van der Waals surface area contributed by atoms with Crippen LogP contribution in [-0.4, -0.2) is 12.0 Å². The third kappa shape index (κ3) is 3.92. The zero-order valence-corrected chi connectivity index (χ0v) is 15.3. The molecule has 0 radical (unpaired) electrons. The lowest BCUT2D eigenvalue weighted by atomic mass is 10.1. The Morgan fingerprint density at radius 3 is 2.64 bits per heavy atom. The first-order chi connectivity index (χ1) is 13.6. The summed E-state index contributed by atoms with van der Waals surface area (Å²) in [6.45, 7) is 0.150. The molecule has 0 aromatic heterocycles. The molecule has 0 atom stereocenters. The van der Waals surface area contributed by atoms with Gasteiger partial charge in [0.2, 0.25) is 0 Å². The molecule has 3 aromatic rings. The SMILES string of the molecule is O=C(Nc1ccc2c(c1)C(=O)Nc1cc(Cl)ccc1O2)OCc1ccccc1. The smallest absolute Gasteiger partial charge is 0.411 e. The molecular weight excluding hydrogens is 380 g/mol. The topological polar surface area (TPSA) is 76.7 Å². The van der Waals surface area contributed by atoms with Crippen molar-refractivity contribution in [3.05, 3.63) is 82.9 Å². The summed E-state index contributed by atoms with van der Waals surface area (Å²) >= 11 is 5.98. The molecule has 3 aromatic carbocycles. The van der Waals surface area contributed by atoms with Crippen molar-refractivity contribution in [1.82, 2.24) is 0 Å². The molecule has 0 bridgehead atoms. The number of hydrogen-bond acceptors (Lipinski definition) is 4. The molecule has 0 saturated carbocycles. The van der Waals surface area contributed by atoms with E-state index in [-0.39, 0.29) is 18.1 Å². The second-order valence-electron chi connectivity index (χ2n) is 6.09.